The van der Waals surface area contributed by atoms with E-state index in [1.807, 2.05) is 30.3 Å². The molecule has 0 saturated carbocycles. The Morgan fingerprint density at radius 2 is 1.76 bits per heavy atom. The van der Waals surface area contributed by atoms with E-state index < -0.39 is 23.5 Å². The summed E-state index contributed by atoms with van der Waals surface area (Å²) in [6.07, 6.45) is 0.844. The Morgan fingerprint density at radius 3 is 2.36 bits per heavy atom. The Labute approximate surface area is 192 Å². The summed E-state index contributed by atoms with van der Waals surface area (Å²) in [5, 5.41) is 0. The third kappa shape index (κ3) is 6.15. The van der Waals surface area contributed by atoms with Crippen molar-refractivity contribution in [1.82, 2.24) is 9.80 Å². The topological polar surface area (TPSA) is 66.9 Å². The van der Waals surface area contributed by atoms with Gasteiger partial charge in [-0.2, -0.15) is 0 Å². The van der Waals surface area contributed by atoms with Gasteiger partial charge < -0.3 is 14.5 Å². The SMILES string of the molecule is COC(=O)C(C)CN(Cc1ccccc1)C(=O)C1CCN(C(=O)c2ccc(F)cc2F)CC1. The summed E-state index contributed by atoms with van der Waals surface area (Å²) < 4.78 is 32.0. The van der Waals surface area contributed by atoms with E-state index in [-0.39, 0.29) is 43.0 Å². The number of methoxy groups -OCH3 is 1. The first-order valence-electron chi connectivity index (χ1n) is 10.9. The first-order valence-corrected chi connectivity index (χ1v) is 10.9. The average Bonchev–Trinajstić information content (AvgIpc) is 2.83. The van der Waals surface area contributed by atoms with Crippen molar-refractivity contribution in [2.75, 3.05) is 26.7 Å². The minimum Gasteiger partial charge on any atom is -0.469 e. The van der Waals surface area contributed by atoms with Crippen LogP contribution in [-0.2, 0) is 20.9 Å². The van der Waals surface area contributed by atoms with Gasteiger partial charge in [0, 0.05) is 38.2 Å². The lowest BCUT2D eigenvalue weighted by atomic mass is 9.94. The van der Waals surface area contributed by atoms with Gasteiger partial charge >= 0.3 is 5.97 Å². The van der Waals surface area contributed by atoms with Gasteiger partial charge in [-0.1, -0.05) is 37.3 Å². The summed E-state index contributed by atoms with van der Waals surface area (Å²) in [4.78, 5) is 41.1. The fraction of sp³-hybridized carbons (Fsp3) is 0.400. The number of halogens is 2. The van der Waals surface area contributed by atoms with Crippen LogP contribution in [0.5, 0.6) is 0 Å². The Bertz CT molecular complexity index is 991. The second-order valence-electron chi connectivity index (χ2n) is 8.32. The molecule has 2 amide bonds. The lowest BCUT2D eigenvalue weighted by Gasteiger charge is -2.35. The standard InChI is InChI=1S/C25H28F2N2O4/c1-17(25(32)33-2)15-29(16-18-6-4-3-5-7-18)23(30)19-10-12-28(13-11-19)24(31)21-9-8-20(26)14-22(21)27/h3-9,14,17,19H,10-13,15-16H2,1-2H3. The van der Waals surface area contributed by atoms with E-state index >= 15 is 0 Å². The molecular weight excluding hydrogens is 430 g/mol. The van der Waals surface area contributed by atoms with E-state index in [9.17, 15) is 23.2 Å². The van der Waals surface area contributed by atoms with Crippen molar-refractivity contribution >= 4 is 17.8 Å². The van der Waals surface area contributed by atoms with E-state index in [1.54, 1.807) is 11.8 Å². The fourth-order valence-corrected chi connectivity index (χ4v) is 4.06. The molecule has 1 saturated heterocycles. The number of nitrogens with zero attached hydrogens (tertiary/aromatic N) is 2. The Hall–Kier alpha value is -3.29. The van der Waals surface area contributed by atoms with E-state index in [4.69, 9.17) is 4.74 Å². The number of likely N-dealkylation sites (tertiary alicyclic amines) is 1. The number of hydrogen-bond acceptors (Lipinski definition) is 4. The van der Waals surface area contributed by atoms with Gasteiger partial charge in [0.15, 0.2) is 0 Å². The number of ether oxygens (including phenoxy) is 1. The summed E-state index contributed by atoms with van der Waals surface area (Å²) in [7, 11) is 1.32. The molecule has 1 unspecified atom stereocenters. The molecule has 8 heteroatoms. The first kappa shape index (κ1) is 24.4. The zero-order chi connectivity index (χ0) is 24.0. The molecule has 1 heterocycles. The van der Waals surface area contributed by atoms with Gasteiger partial charge in [-0.25, -0.2) is 8.78 Å². The Kier molecular flexibility index (Phi) is 8.14. The second kappa shape index (κ2) is 11.0. The van der Waals surface area contributed by atoms with Crippen LogP contribution in [0.25, 0.3) is 0 Å². The molecule has 0 aromatic heterocycles. The lowest BCUT2D eigenvalue weighted by molar-refractivity contribution is -0.147. The van der Waals surface area contributed by atoms with Crippen molar-refractivity contribution in [3.05, 3.63) is 71.3 Å². The fourth-order valence-electron chi connectivity index (χ4n) is 4.06. The van der Waals surface area contributed by atoms with Crippen molar-refractivity contribution in [2.24, 2.45) is 11.8 Å². The van der Waals surface area contributed by atoms with Gasteiger partial charge in [-0.3, -0.25) is 14.4 Å². The van der Waals surface area contributed by atoms with E-state index in [2.05, 4.69) is 0 Å². The molecule has 1 fully saturated rings. The van der Waals surface area contributed by atoms with Gasteiger partial charge in [0.1, 0.15) is 11.6 Å². The largest absolute Gasteiger partial charge is 0.469 e. The van der Waals surface area contributed by atoms with E-state index in [0.29, 0.717) is 25.5 Å². The molecule has 2 aromatic carbocycles. The minimum atomic E-state index is -0.899. The number of esters is 1. The highest BCUT2D eigenvalue weighted by Gasteiger charge is 2.32. The maximum Gasteiger partial charge on any atom is 0.310 e. The van der Waals surface area contributed by atoms with Crippen molar-refractivity contribution in [3.63, 3.8) is 0 Å². The number of carbonyl (C=O) groups is 3. The molecule has 0 aliphatic carbocycles. The highest BCUT2D eigenvalue weighted by molar-refractivity contribution is 5.94. The third-order valence-electron chi connectivity index (χ3n) is 5.92. The number of benzene rings is 2. The summed E-state index contributed by atoms with van der Waals surface area (Å²) in [5.41, 5.74) is 0.765. The van der Waals surface area contributed by atoms with Gasteiger partial charge in [0.2, 0.25) is 5.91 Å². The lowest BCUT2D eigenvalue weighted by Crippen LogP contribution is -2.46. The van der Waals surface area contributed by atoms with E-state index in [0.717, 1.165) is 17.7 Å². The average molecular weight is 459 g/mol. The Morgan fingerprint density at radius 1 is 1.09 bits per heavy atom. The minimum absolute atomic E-state index is 0.0883. The second-order valence-corrected chi connectivity index (χ2v) is 8.32. The molecule has 1 aliphatic heterocycles. The predicted molar refractivity (Wildman–Crippen MR) is 118 cm³/mol. The van der Waals surface area contributed by atoms with Gasteiger partial charge in [0.25, 0.3) is 5.91 Å². The number of hydrogen-bond donors (Lipinski definition) is 0. The summed E-state index contributed by atoms with van der Waals surface area (Å²) in [6, 6.07) is 12.4. The van der Waals surface area contributed by atoms with Crippen molar-refractivity contribution < 1.29 is 27.9 Å². The molecular formula is C25H28F2N2O4. The normalized spacial score (nSPS) is 15.1. The van der Waals surface area contributed by atoms with Crippen molar-refractivity contribution in [1.29, 1.82) is 0 Å². The first-order chi connectivity index (χ1) is 15.8. The molecule has 1 aliphatic rings. The van der Waals surface area contributed by atoms with Crippen LogP contribution in [0, 0.1) is 23.5 Å². The van der Waals surface area contributed by atoms with Crippen LogP contribution < -0.4 is 0 Å². The number of amides is 2. The smallest absolute Gasteiger partial charge is 0.310 e. The predicted octanol–water partition coefficient (Wildman–Crippen LogP) is 3.65. The van der Waals surface area contributed by atoms with Crippen LogP contribution in [0.3, 0.4) is 0 Å². The van der Waals surface area contributed by atoms with Gasteiger partial charge in [-0.05, 0) is 30.5 Å². The van der Waals surface area contributed by atoms with Crippen LogP contribution in [0.15, 0.2) is 48.5 Å². The molecule has 176 valence electrons. The molecule has 0 spiro atoms. The maximum atomic E-state index is 14.0. The van der Waals surface area contributed by atoms with Crippen LogP contribution in [0.2, 0.25) is 0 Å². The summed E-state index contributed by atoms with van der Waals surface area (Å²) in [5.74, 6) is -3.43. The summed E-state index contributed by atoms with van der Waals surface area (Å²) in [6.45, 7) is 2.88. The molecule has 33 heavy (non-hydrogen) atoms. The number of rotatable bonds is 7. The Balaban J connectivity index is 1.67. The quantitative estimate of drug-likeness (QED) is 0.594. The van der Waals surface area contributed by atoms with Crippen LogP contribution in [-0.4, -0.2) is 54.3 Å². The molecule has 0 bridgehead atoms. The van der Waals surface area contributed by atoms with Gasteiger partial charge in [-0.15, -0.1) is 0 Å². The maximum absolute atomic E-state index is 14.0. The van der Waals surface area contributed by atoms with Crippen LogP contribution in [0.4, 0.5) is 8.78 Å². The van der Waals surface area contributed by atoms with E-state index in [1.165, 1.54) is 12.0 Å². The summed E-state index contributed by atoms with van der Waals surface area (Å²) >= 11 is 0. The molecule has 3 rings (SSSR count). The third-order valence-corrected chi connectivity index (χ3v) is 5.92. The molecule has 1 atom stereocenters. The molecule has 0 radical (unpaired) electrons. The molecule has 6 nitrogen and oxygen atoms in total. The zero-order valence-corrected chi connectivity index (χ0v) is 18.8. The highest BCUT2D eigenvalue weighted by atomic mass is 19.1. The van der Waals surface area contributed by atoms with Gasteiger partial charge in [0.05, 0.1) is 18.6 Å². The monoisotopic (exact) mass is 458 g/mol. The van der Waals surface area contributed by atoms with Crippen molar-refractivity contribution in [3.8, 4) is 0 Å². The number of carbonyl (C=O) groups excluding carboxylic acids is 3. The van der Waals surface area contributed by atoms with Crippen molar-refractivity contribution in [2.45, 2.75) is 26.3 Å². The number of piperidine rings is 1. The highest BCUT2D eigenvalue weighted by Crippen LogP contribution is 2.24. The molecule has 2 aromatic rings. The molecule has 0 N–H and O–H groups in total. The van der Waals surface area contributed by atoms with Crippen LogP contribution in [0.1, 0.15) is 35.7 Å². The van der Waals surface area contributed by atoms with Crippen LogP contribution >= 0.6 is 0 Å². The zero-order valence-electron chi connectivity index (χ0n) is 18.8.